The molecule has 3 heterocycles. The molecule has 1 aromatic carbocycles. The van der Waals surface area contributed by atoms with Crippen molar-refractivity contribution in [3.05, 3.63) is 48.3 Å². The van der Waals surface area contributed by atoms with Crippen LogP contribution in [0.4, 0.5) is 4.39 Å². The van der Waals surface area contributed by atoms with Crippen molar-refractivity contribution in [2.75, 3.05) is 38.7 Å². The highest BCUT2D eigenvalue weighted by Gasteiger charge is 2.55. The van der Waals surface area contributed by atoms with Crippen LogP contribution in [0, 0.1) is 17.2 Å². The number of carbonyl (C=O) groups excluding carboxylic acids is 1. The van der Waals surface area contributed by atoms with Gasteiger partial charge in [0.2, 0.25) is 10.0 Å². The van der Waals surface area contributed by atoms with Gasteiger partial charge in [0, 0.05) is 25.8 Å². The summed E-state index contributed by atoms with van der Waals surface area (Å²) in [4.78, 5) is 18.1. The first kappa shape index (κ1) is 28.7. The summed E-state index contributed by atoms with van der Waals surface area (Å²) in [5.74, 6) is -1.02. The molecule has 38 heavy (non-hydrogen) atoms. The fourth-order valence-electron chi connectivity index (χ4n) is 6.15. The molecule has 2 aromatic rings. The first-order valence-electron chi connectivity index (χ1n) is 12.7. The van der Waals surface area contributed by atoms with Gasteiger partial charge in [-0.2, -0.15) is 22.1 Å². The molecule has 210 valence electrons. The zero-order valence-corrected chi connectivity index (χ0v) is 23.3. The minimum Gasteiger partial charge on any atom is -0.317 e. The monoisotopic (exact) mass is 571 g/mol. The van der Waals surface area contributed by atoms with E-state index in [1.807, 2.05) is 4.68 Å². The molecule has 11 nitrogen and oxygen atoms in total. The van der Waals surface area contributed by atoms with Crippen molar-refractivity contribution in [3.8, 4) is 0 Å². The van der Waals surface area contributed by atoms with Gasteiger partial charge in [0.1, 0.15) is 37.6 Å². The van der Waals surface area contributed by atoms with E-state index in [1.165, 1.54) is 30.6 Å². The van der Waals surface area contributed by atoms with E-state index < -0.39 is 41.7 Å². The molecule has 1 aromatic heterocycles. The second-order valence-electron chi connectivity index (χ2n) is 10.7. The van der Waals surface area contributed by atoms with Crippen LogP contribution in [0.5, 0.6) is 0 Å². The highest BCUT2D eigenvalue weighted by atomic mass is 32.2. The third-order valence-electron chi connectivity index (χ3n) is 8.13. The number of aromatic nitrogens is 3. The number of amides is 1. The third kappa shape index (κ3) is 6.30. The molecule has 0 spiro atoms. The van der Waals surface area contributed by atoms with Crippen LogP contribution in [0.1, 0.15) is 31.2 Å². The molecule has 0 bridgehead atoms. The lowest BCUT2D eigenvalue weighted by molar-refractivity contribution is -0.738. The number of hydrogen-bond acceptors (Lipinski definition) is 8. The molecule has 2 N–H and O–H groups in total. The molecule has 0 saturated carbocycles. The van der Waals surface area contributed by atoms with Crippen LogP contribution < -0.4 is 10.0 Å². The predicted molar refractivity (Wildman–Crippen MR) is 139 cm³/mol. The molecule has 0 radical (unpaired) electrons. The summed E-state index contributed by atoms with van der Waals surface area (Å²) in [5, 5.41) is 7.68. The van der Waals surface area contributed by atoms with Crippen LogP contribution in [-0.2, 0) is 37.8 Å². The van der Waals surface area contributed by atoms with Crippen molar-refractivity contribution in [2.24, 2.45) is 11.3 Å². The summed E-state index contributed by atoms with van der Waals surface area (Å²) in [6.07, 6.45) is 7.84. The third-order valence-corrected chi connectivity index (χ3v) is 10.7. The zero-order valence-electron chi connectivity index (χ0n) is 21.7. The number of nitrogens with one attached hydrogen (secondary N) is 2. The molecule has 1 atom stereocenters. The standard InChI is InChI=1S/C24H36FN6O5S2/c1-37(33,34)29-22(15-19-3-5-21(25)6-4-19)23(32)31(38(2,35)36)13-7-20(8-14-31)24(9-11-26-12-10-24)16-30-18-27-17-28-30/h3-6,17-18,20,22,26,29H,7-16H2,1-2H3/q+1/t20?,22-,31?/m1/s1. The highest BCUT2D eigenvalue weighted by molar-refractivity contribution is 7.88. The van der Waals surface area contributed by atoms with E-state index in [1.54, 1.807) is 6.33 Å². The van der Waals surface area contributed by atoms with E-state index in [-0.39, 0.29) is 30.8 Å². The number of nitrogens with zero attached hydrogens (tertiary/aromatic N) is 4. The number of quaternary nitrogens is 1. The Hall–Kier alpha value is -2.26. The Balaban J connectivity index is 1.61. The molecule has 14 heteroatoms. The maximum absolute atomic E-state index is 14.0. The zero-order chi connectivity index (χ0) is 27.6. The molecule has 2 aliphatic rings. The van der Waals surface area contributed by atoms with Crippen molar-refractivity contribution in [3.63, 3.8) is 0 Å². The quantitative estimate of drug-likeness (QED) is 0.419. The number of hydrogen-bond donors (Lipinski definition) is 2. The summed E-state index contributed by atoms with van der Waals surface area (Å²) in [6.45, 7) is 2.46. The van der Waals surface area contributed by atoms with Gasteiger partial charge in [-0.3, -0.25) is 4.68 Å². The lowest BCUT2D eigenvalue weighted by Crippen LogP contribution is -2.66. The summed E-state index contributed by atoms with van der Waals surface area (Å²) in [7, 11) is -7.80. The number of sulfonamides is 2. The van der Waals surface area contributed by atoms with E-state index in [4.69, 9.17) is 0 Å². The number of piperidine rings is 2. The van der Waals surface area contributed by atoms with Crippen molar-refractivity contribution in [1.29, 1.82) is 0 Å². The Labute approximate surface area is 223 Å². The topological polar surface area (TPSA) is 140 Å². The van der Waals surface area contributed by atoms with Gasteiger partial charge < -0.3 is 5.32 Å². The Kier molecular flexibility index (Phi) is 8.38. The molecule has 1 amide bonds. The Morgan fingerprint density at radius 1 is 1.16 bits per heavy atom. The molecular weight excluding hydrogens is 535 g/mol. The van der Waals surface area contributed by atoms with Crippen LogP contribution >= 0.6 is 0 Å². The predicted octanol–water partition coefficient (Wildman–Crippen LogP) is 0.661. The first-order chi connectivity index (χ1) is 17.8. The molecule has 0 unspecified atom stereocenters. The van der Waals surface area contributed by atoms with Crippen molar-refractivity contribution in [1.82, 2.24) is 24.8 Å². The first-order valence-corrected chi connectivity index (χ1v) is 16.4. The van der Waals surface area contributed by atoms with Gasteiger partial charge >= 0.3 is 15.9 Å². The summed E-state index contributed by atoms with van der Waals surface area (Å²) < 4.78 is 67.6. The highest BCUT2D eigenvalue weighted by Crippen LogP contribution is 2.45. The summed E-state index contributed by atoms with van der Waals surface area (Å²) in [5.41, 5.74) is 0.401. The lowest BCUT2D eigenvalue weighted by Gasteiger charge is -2.48. The van der Waals surface area contributed by atoms with Gasteiger partial charge in [-0.1, -0.05) is 12.1 Å². The maximum Gasteiger partial charge on any atom is 0.347 e. The summed E-state index contributed by atoms with van der Waals surface area (Å²) >= 11 is 0. The van der Waals surface area contributed by atoms with Crippen LogP contribution in [0.3, 0.4) is 0 Å². The van der Waals surface area contributed by atoms with Gasteiger partial charge in [0.15, 0.2) is 0 Å². The molecule has 2 fully saturated rings. The van der Waals surface area contributed by atoms with Crippen molar-refractivity contribution < 1.29 is 29.9 Å². The SMILES string of the molecule is CS(=O)(=O)N[C@H](Cc1ccc(F)cc1)C(=O)[N+]1(S(C)(=O)=O)CCC(C2(Cn3cncn3)CCNCC2)CC1. The molecular formula is C24H36FN6O5S2+. The smallest absolute Gasteiger partial charge is 0.317 e. The molecule has 2 saturated heterocycles. The second-order valence-corrected chi connectivity index (χ2v) is 14.6. The molecule has 4 rings (SSSR count). The number of halogens is 1. The number of carbonyl (C=O) groups is 1. The van der Waals surface area contributed by atoms with Gasteiger partial charge in [-0.25, -0.2) is 22.6 Å². The fourth-order valence-corrected chi connectivity index (χ4v) is 8.18. The number of rotatable bonds is 9. The van der Waals surface area contributed by atoms with Gasteiger partial charge in [0.05, 0.1) is 12.5 Å². The van der Waals surface area contributed by atoms with E-state index in [2.05, 4.69) is 20.1 Å². The van der Waals surface area contributed by atoms with Crippen LogP contribution in [-0.4, -0.2) is 86.1 Å². The molecule has 2 aliphatic heterocycles. The maximum atomic E-state index is 14.0. The largest absolute Gasteiger partial charge is 0.347 e. The minimum atomic E-state index is -3.96. The van der Waals surface area contributed by atoms with Crippen LogP contribution in [0.2, 0.25) is 0 Å². The average Bonchev–Trinajstić information content (AvgIpc) is 3.36. The van der Waals surface area contributed by atoms with Crippen molar-refractivity contribution in [2.45, 2.75) is 44.7 Å². The Bertz CT molecular complexity index is 1320. The van der Waals surface area contributed by atoms with E-state index in [9.17, 15) is 26.0 Å². The minimum absolute atomic E-state index is 0.0558. The van der Waals surface area contributed by atoms with Gasteiger partial charge in [-0.05, 0) is 55.0 Å². The normalized spacial score (nSPS) is 25.1. The number of benzene rings is 1. The number of likely N-dealkylation sites (tertiary alicyclic amines) is 1. The van der Waals surface area contributed by atoms with E-state index in [0.717, 1.165) is 38.4 Å². The van der Waals surface area contributed by atoms with E-state index in [0.29, 0.717) is 24.9 Å². The van der Waals surface area contributed by atoms with Crippen molar-refractivity contribution >= 4 is 26.0 Å². The Morgan fingerprint density at radius 3 is 2.32 bits per heavy atom. The molecule has 0 aliphatic carbocycles. The average molecular weight is 572 g/mol. The Morgan fingerprint density at radius 2 is 1.79 bits per heavy atom. The fraction of sp³-hybridized carbons (Fsp3) is 0.625. The van der Waals surface area contributed by atoms with E-state index >= 15 is 0 Å². The van der Waals surface area contributed by atoms with Gasteiger partial charge in [0.25, 0.3) is 0 Å². The summed E-state index contributed by atoms with van der Waals surface area (Å²) in [6, 6.07) is 4.04. The lowest BCUT2D eigenvalue weighted by atomic mass is 9.65. The van der Waals surface area contributed by atoms with Gasteiger partial charge in [-0.15, -0.1) is 0 Å². The van der Waals surface area contributed by atoms with Crippen LogP contribution in [0.25, 0.3) is 0 Å². The van der Waals surface area contributed by atoms with Crippen LogP contribution in [0.15, 0.2) is 36.9 Å². The second kappa shape index (κ2) is 11.1.